The van der Waals surface area contributed by atoms with Crippen LogP contribution in [0.5, 0.6) is 0 Å². The summed E-state index contributed by atoms with van der Waals surface area (Å²) < 4.78 is 18.9. The summed E-state index contributed by atoms with van der Waals surface area (Å²) in [4.78, 5) is 12.0. The van der Waals surface area contributed by atoms with Crippen LogP contribution in [0, 0.1) is 5.82 Å². The Morgan fingerprint density at radius 1 is 1.17 bits per heavy atom. The van der Waals surface area contributed by atoms with E-state index >= 15 is 0 Å². The lowest BCUT2D eigenvalue weighted by molar-refractivity contribution is 0.0586. The zero-order valence-electron chi connectivity index (χ0n) is 10.4. The lowest BCUT2D eigenvalue weighted by Crippen LogP contribution is -2.13. The van der Waals surface area contributed by atoms with Gasteiger partial charge in [-0.05, 0) is 31.4 Å². The molecule has 0 fully saturated rings. The molecule has 2 nitrogen and oxygen atoms in total. The monoisotopic (exact) mass is 246 g/mol. The van der Waals surface area contributed by atoms with Crippen LogP contribution in [0.4, 0.5) is 4.39 Å². The summed E-state index contributed by atoms with van der Waals surface area (Å²) in [6, 6.07) is 9.81. The van der Waals surface area contributed by atoms with Crippen molar-refractivity contribution in [2.24, 2.45) is 0 Å². The highest BCUT2D eigenvalue weighted by Gasteiger charge is 2.12. The Kier molecular flexibility index (Phi) is 3.72. The van der Waals surface area contributed by atoms with Gasteiger partial charge < -0.3 is 4.74 Å². The van der Waals surface area contributed by atoms with Crippen LogP contribution in [-0.2, 0) is 4.74 Å². The number of ketones is 1. The predicted molar refractivity (Wildman–Crippen MR) is 69.3 cm³/mol. The molecule has 0 heterocycles. The van der Waals surface area contributed by atoms with Gasteiger partial charge in [0.25, 0.3) is 0 Å². The molecular formula is C15H15FO2. The second kappa shape index (κ2) is 5.27. The Morgan fingerprint density at radius 2 is 1.83 bits per heavy atom. The normalized spacial score (nSPS) is 11.1. The van der Waals surface area contributed by atoms with Crippen LogP contribution in [0.3, 0.4) is 0 Å². The van der Waals surface area contributed by atoms with Crippen molar-refractivity contribution in [2.75, 3.05) is 6.61 Å². The van der Waals surface area contributed by atoms with E-state index in [9.17, 15) is 9.18 Å². The molecule has 2 aromatic rings. The second-order valence-electron chi connectivity index (χ2n) is 4.42. The maximum atomic E-state index is 13.6. The summed E-state index contributed by atoms with van der Waals surface area (Å²) in [5.74, 6) is -0.438. The van der Waals surface area contributed by atoms with E-state index < -0.39 is 0 Å². The van der Waals surface area contributed by atoms with Gasteiger partial charge in [-0.25, -0.2) is 4.39 Å². The maximum absolute atomic E-state index is 13.6. The van der Waals surface area contributed by atoms with Crippen molar-refractivity contribution in [3.63, 3.8) is 0 Å². The number of benzene rings is 2. The van der Waals surface area contributed by atoms with Crippen LogP contribution < -0.4 is 0 Å². The molecule has 0 aliphatic carbocycles. The highest BCUT2D eigenvalue weighted by molar-refractivity contribution is 6.08. The topological polar surface area (TPSA) is 26.3 Å². The van der Waals surface area contributed by atoms with Crippen LogP contribution in [0.15, 0.2) is 36.4 Å². The maximum Gasteiger partial charge on any atom is 0.189 e. The number of carbonyl (C=O) groups excluding carboxylic acids is 1. The summed E-state index contributed by atoms with van der Waals surface area (Å²) in [7, 11) is 0. The van der Waals surface area contributed by atoms with Gasteiger partial charge >= 0.3 is 0 Å². The molecule has 0 saturated carbocycles. The van der Waals surface area contributed by atoms with Crippen LogP contribution >= 0.6 is 0 Å². The molecule has 0 bridgehead atoms. The molecule has 3 heteroatoms. The second-order valence-corrected chi connectivity index (χ2v) is 4.42. The molecule has 0 aromatic heterocycles. The van der Waals surface area contributed by atoms with E-state index in [1.807, 2.05) is 13.8 Å². The summed E-state index contributed by atoms with van der Waals surface area (Å²) >= 11 is 0. The summed E-state index contributed by atoms with van der Waals surface area (Å²) in [5, 5.41) is 1.10. The first-order valence-corrected chi connectivity index (χ1v) is 5.91. The molecule has 0 spiro atoms. The fraction of sp³-hybridized carbons (Fsp3) is 0.267. The number of hydrogen-bond donors (Lipinski definition) is 0. The third-order valence-corrected chi connectivity index (χ3v) is 2.72. The fourth-order valence-electron chi connectivity index (χ4n) is 1.83. The summed E-state index contributed by atoms with van der Waals surface area (Å²) in [6.07, 6.45) is 0.000613. The van der Waals surface area contributed by atoms with E-state index in [2.05, 4.69) is 0 Å². The van der Waals surface area contributed by atoms with Crippen LogP contribution in [0.1, 0.15) is 24.2 Å². The van der Waals surface area contributed by atoms with Gasteiger partial charge in [-0.2, -0.15) is 0 Å². The minimum absolute atomic E-state index is 0.000613. The van der Waals surface area contributed by atoms with E-state index in [0.717, 1.165) is 0 Å². The molecule has 0 atom stereocenters. The standard InChI is InChI=1S/C15H15FO2/c1-10(2)18-9-15(17)13-7-8-14(16)12-6-4-3-5-11(12)13/h3-8,10H,9H2,1-2H3. The van der Waals surface area contributed by atoms with Crippen molar-refractivity contribution >= 4 is 16.6 Å². The fourth-order valence-corrected chi connectivity index (χ4v) is 1.83. The average Bonchev–Trinajstić information content (AvgIpc) is 2.37. The van der Waals surface area contributed by atoms with Gasteiger partial charge in [-0.15, -0.1) is 0 Å². The van der Waals surface area contributed by atoms with Crippen LogP contribution in [0.25, 0.3) is 10.8 Å². The lowest BCUT2D eigenvalue weighted by atomic mass is 10.0. The highest BCUT2D eigenvalue weighted by Crippen LogP contribution is 2.22. The van der Waals surface area contributed by atoms with E-state index in [1.54, 1.807) is 24.3 Å². The molecule has 0 N–H and O–H groups in total. The van der Waals surface area contributed by atoms with Crippen molar-refractivity contribution in [2.45, 2.75) is 20.0 Å². The van der Waals surface area contributed by atoms with Crippen molar-refractivity contribution in [1.29, 1.82) is 0 Å². The van der Waals surface area contributed by atoms with Gasteiger partial charge in [-0.3, -0.25) is 4.79 Å². The quantitative estimate of drug-likeness (QED) is 0.771. The third kappa shape index (κ3) is 2.57. The van der Waals surface area contributed by atoms with Gasteiger partial charge in [0.2, 0.25) is 0 Å². The molecule has 2 rings (SSSR count). The zero-order valence-corrected chi connectivity index (χ0v) is 10.4. The first kappa shape index (κ1) is 12.7. The Balaban J connectivity index is 2.39. The number of rotatable bonds is 4. The molecule has 18 heavy (non-hydrogen) atoms. The molecule has 94 valence electrons. The smallest absolute Gasteiger partial charge is 0.189 e. The number of hydrogen-bond acceptors (Lipinski definition) is 2. The van der Waals surface area contributed by atoms with Crippen molar-refractivity contribution in [3.8, 4) is 0 Å². The first-order chi connectivity index (χ1) is 8.59. The average molecular weight is 246 g/mol. The minimum atomic E-state index is -0.313. The van der Waals surface area contributed by atoms with Gasteiger partial charge in [0.05, 0.1) is 6.10 Å². The Labute approximate surface area is 105 Å². The summed E-state index contributed by atoms with van der Waals surface area (Å²) in [6.45, 7) is 3.76. The molecule has 0 aliphatic rings. The van der Waals surface area contributed by atoms with E-state index in [0.29, 0.717) is 16.3 Å². The Hall–Kier alpha value is -1.74. The largest absolute Gasteiger partial charge is 0.371 e. The number of ether oxygens (including phenoxy) is 1. The SMILES string of the molecule is CC(C)OCC(=O)c1ccc(F)c2ccccc12. The lowest BCUT2D eigenvalue weighted by Gasteiger charge is -2.09. The first-order valence-electron chi connectivity index (χ1n) is 5.91. The molecule has 0 radical (unpaired) electrons. The van der Waals surface area contributed by atoms with Crippen molar-refractivity contribution in [3.05, 3.63) is 47.8 Å². The highest BCUT2D eigenvalue weighted by atomic mass is 19.1. The molecule has 0 saturated heterocycles. The number of halogens is 1. The van der Waals surface area contributed by atoms with Gasteiger partial charge in [-0.1, -0.05) is 24.3 Å². The summed E-state index contributed by atoms with van der Waals surface area (Å²) in [5.41, 5.74) is 0.507. The van der Waals surface area contributed by atoms with Gasteiger partial charge in [0.1, 0.15) is 12.4 Å². The minimum Gasteiger partial charge on any atom is -0.371 e. The molecule has 2 aromatic carbocycles. The van der Waals surface area contributed by atoms with E-state index in [4.69, 9.17) is 4.74 Å². The zero-order chi connectivity index (χ0) is 13.1. The van der Waals surface area contributed by atoms with E-state index in [1.165, 1.54) is 12.1 Å². The van der Waals surface area contributed by atoms with E-state index in [-0.39, 0.29) is 24.3 Å². The molecular weight excluding hydrogens is 231 g/mol. The number of fused-ring (bicyclic) bond motifs is 1. The molecule has 0 aliphatic heterocycles. The molecule has 0 unspecified atom stereocenters. The molecule has 0 amide bonds. The van der Waals surface area contributed by atoms with Crippen LogP contribution in [-0.4, -0.2) is 18.5 Å². The Bertz CT molecular complexity index is 576. The van der Waals surface area contributed by atoms with Crippen molar-refractivity contribution < 1.29 is 13.9 Å². The number of carbonyl (C=O) groups is 1. The third-order valence-electron chi connectivity index (χ3n) is 2.72. The number of Topliss-reactive ketones (excluding diaryl/α,β-unsaturated/α-hetero) is 1. The van der Waals surface area contributed by atoms with Crippen LogP contribution in [0.2, 0.25) is 0 Å². The predicted octanol–water partition coefficient (Wildman–Crippen LogP) is 3.59. The Morgan fingerprint density at radius 3 is 2.50 bits per heavy atom. The van der Waals surface area contributed by atoms with Gasteiger partial charge in [0, 0.05) is 10.9 Å². The van der Waals surface area contributed by atoms with Gasteiger partial charge in [0.15, 0.2) is 5.78 Å². The van der Waals surface area contributed by atoms with Crippen molar-refractivity contribution in [1.82, 2.24) is 0 Å².